The van der Waals surface area contributed by atoms with Crippen LogP contribution in [-0.2, 0) is 0 Å². The lowest BCUT2D eigenvalue weighted by Crippen LogP contribution is -2.01. The van der Waals surface area contributed by atoms with E-state index in [1.165, 1.54) is 0 Å². The summed E-state index contributed by atoms with van der Waals surface area (Å²) in [6.45, 7) is 2.84. The Labute approximate surface area is 125 Å². The van der Waals surface area contributed by atoms with Gasteiger partial charge in [0.1, 0.15) is 22.9 Å². The number of aromatic nitrogens is 2. The fourth-order valence-corrected chi connectivity index (χ4v) is 3.00. The van der Waals surface area contributed by atoms with Crippen LogP contribution in [0.5, 0.6) is 5.75 Å². The summed E-state index contributed by atoms with van der Waals surface area (Å²) in [7, 11) is 1.67. The molecular formula is C13H14BrN3OS. The number of halogens is 1. The van der Waals surface area contributed by atoms with Crippen LogP contribution in [0.1, 0.15) is 6.92 Å². The topological polar surface area (TPSA) is 47.0 Å². The van der Waals surface area contributed by atoms with Crippen molar-refractivity contribution in [1.29, 1.82) is 0 Å². The predicted molar refractivity (Wildman–Crippen MR) is 81.0 cm³/mol. The Hall–Kier alpha value is -1.27. The zero-order valence-corrected chi connectivity index (χ0v) is 13.1. The zero-order valence-electron chi connectivity index (χ0n) is 10.7. The van der Waals surface area contributed by atoms with Gasteiger partial charge in [-0.3, -0.25) is 0 Å². The number of para-hydroxylation sites is 1. The van der Waals surface area contributed by atoms with Crippen molar-refractivity contribution in [3.8, 4) is 5.75 Å². The van der Waals surface area contributed by atoms with Gasteiger partial charge in [-0.25, -0.2) is 9.97 Å². The van der Waals surface area contributed by atoms with Crippen LogP contribution in [0.2, 0.25) is 0 Å². The SMILES string of the molecule is CCNc1ncnc(Sc2ccccc2OC)c1Br. The molecule has 2 rings (SSSR count). The molecule has 19 heavy (non-hydrogen) atoms. The monoisotopic (exact) mass is 339 g/mol. The maximum absolute atomic E-state index is 5.34. The van der Waals surface area contributed by atoms with Crippen LogP contribution in [0.3, 0.4) is 0 Å². The summed E-state index contributed by atoms with van der Waals surface area (Å²) in [4.78, 5) is 9.52. The fourth-order valence-electron chi connectivity index (χ4n) is 1.52. The molecule has 0 amide bonds. The van der Waals surface area contributed by atoms with Gasteiger partial charge in [-0.1, -0.05) is 23.9 Å². The second-order valence-corrected chi connectivity index (χ2v) is 5.45. The number of nitrogens with zero attached hydrogens (tertiary/aromatic N) is 2. The zero-order chi connectivity index (χ0) is 13.7. The van der Waals surface area contributed by atoms with E-state index >= 15 is 0 Å². The largest absolute Gasteiger partial charge is 0.496 e. The Balaban J connectivity index is 2.30. The normalized spacial score (nSPS) is 10.3. The molecule has 0 spiro atoms. The van der Waals surface area contributed by atoms with Crippen LogP contribution in [0.25, 0.3) is 0 Å². The molecular weight excluding hydrogens is 326 g/mol. The molecule has 2 aromatic rings. The minimum Gasteiger partial charge on any atom is -0.496 e. The highest BCUT2D eigenvalue weighted by molar-refractivity contribution is 9.10. The van der Waals surface area contributed by atoms with Crippen molar-refractivity contribution in [2.45, 2.75) is 16.8 Å². The fraction of sp³-hybridized carbons (Fsp3) is 0.231. The lowest BCUT2D eigenvalue weighted by molar-refractivity contribution is 0.405. The summed E-state index contributed by atoms with van der Waals surface area (Å²) in [5.41, 5.74) is 0. The summed E-state index contributed by atoms with van der Waals surface area (Å²) < 4.78 is 6.21. The summed E-state index contributed by atoms with van der Waals surface area (Å²) in [5.74, 6) is 1.64. The summed E-state index contributed by atoms with van der Waals surface area (Å²) in [6.07, 6.45) is 1.56. The van der Waals surface area contributed by atoms with E-state index in [9.17, 15) is 0 Å². The number of hydrogen-bond donors (Lipinski definition) is 1. The van der Waals surface area contributed by atoms with Crippen LogP contribution >= 0.6 is 27.7 Å². The standard InChI is InChI=1S/C13H14BrN3OS/c1-3-15-12-11(14)13(17-8-16-12)19-10-7-5-4-6-9(10)18-2/h4-8H,3H2,1-2H3,(H,15,16,17). The highest BCUT2D eigenvalue weighted by atomic mass is 79.9. The van der Waals surface area contributed by atoms with E-state index in [1.54, 1.807) is 25.2 Å². The summed E-state index contributed by atoms with van der Waals surface area (Å²) in [5, 5.41) is 4.04. The van der Waals surface area contributed by atoms with Crippen LogP contribution < -0.4 is 10.1 Å². The van der Waals surface area contributed by atoms with Crippen LogP contribution in [-0.4, -0.2) is 23.6 Å². The number of ether oxygens (including phenoxy) is 1. The van der Waals surface area contributed by atoms with Gasteiger partial charge in [-0.15, -0.1) is 0 Å². The molecule has 0 saturated carbocycles. The lowest BCUT2D eigenvalue weighted by atomic mass is 10.3. The number of nitrogens with one attached hydrogen (secondary N) is 1. The molecule has 0 radical (unpaired) electrons. The van der Waals surface area contributed by atoms with Crippen molar-refractivity contribution in [3.63, 3.8) is 0 Å². The van der Waals surface area contributed by atoms with Crippen molar-refractivity contribution in [3.05, 3.63) is 35.1 Å². The van der Waals surface area contributed by atoms with Gasteiger partial charge in [0.2, 0.25) is 0 Å². The lowest BCUT2D eigenvalue weighted by Gasteiger charge is -2.10. The Bertz CT molecular complexity index is 565. The van der Waals surface area contributed by atoms with Gasteiger partial charge < -0.3 is 10.1 Å². The molecule has 1 N–H and O–H groups in total. The van der Waals surface area contributed by atoms with Gasteiger partial charge in [0, 0.05) is 6.54 Å². The van der Waals surface area contributed by atoms with Crippen molar-refractivity contribution in [1.82, 2.24) is 9.97 Å². The second-order valence-electron chi connectivity index (χ2n) is 3.62. The molecule has 0 aliphatic rings. The molecule has 0 unspecified atom stereocenters. The van der Waals surface area contributed by atoms with Gasteiger partial charge >= 0.3 is 0 Å². The molecule has 0 aliphatic heterocycles. The van der Waals surface area contributed by atoms with E-state index in [-0.39, 0.29) is 0 Å². The number of benzene rings is 1. The quantitative estimate of drug-likeness (QED) is 0.838. The molecule has 100 valence electrons. The molecule has 0 atom stereocenters. The van der Waals surface area contributed by atoms with Crippen molar-refractivity contribution < 1.29 is 4.74 Å². The van der Waals surface area contributed by atoms with Gasteiger partial charge in [0.05, 0.1) is 16.5 Å². The summed E-state index contributed by atoms with van der Waals surface area (Å²) >= 11 is 5.08. The molecule has 1 aromatic heterocycles. The van der Waals surface area contributed by atoms with Crippen LogP contribution in [0.15, 0.2) is 45.0 Å². The molecule has 0 saturated heterocycles. The van der Waals surface area contributed by atoms with Gasteiger partial charge in [0.15, 0.2) is 0 Å². The Morgan fingerprint density at radius 2 is 2.11 bits per heavy atom. The number of rotatable bonds is 5. The smallest absolute Gasteiger partial charge is 0.144 e. The van der Waals surface area contributed by atoms with Gasteiger partial charge in [0.25, 0.3) is 0 Å². The Kier molecular flexibility index (Phi) is 5.04. The number of methoxy groups -OCH3 is 1. The molecule has 6 heteroatoms. The maximum Gasteiger partial charge on any atom is 0.144 e. The first-order valence-electron chi connectivity index (χ1n) is 5.81. The van der Waals surface area contributed by atoms with Crippen LogP contribution in [0, 0.1) is 0 Å². The van der Waals surface area contributed by atoms with E-state index in [4.69, 9.17) is 4.74 Å². The molecule has 0 bridgehead atoms. The van der Waals surface area contributed by atoms with E-state index in [1.807, 2.05) is 31.2 Å². The molecule has 0 aliphatic carbocycles. The first-order valence-corrected chi connectivity index (χ1v) is 7.42. The van der Waals surface area contributed by atoms with Gasteiger partial charge in [-0.05, 0) is 35.0 Å². The maximum atomic E-state index is 5.34. The van der Waals surface area contributed by atoms with Crippen molar-refractivity contribution in [2.75, 3.05) is 19.0 Å². The highest BCUT2D eigenvalue weighted by Gasteiger charge is 2.11. The minimum absolute atomic E-state index is 0.801. The molecule has 1 heterocycles. The third-order valence-corrected chi connectivity index (χ3v) is 4.45. The number of hydrogen-bond acceptors (Lipinski definition) is 5. The first kappa shape index (κ1) is 14.1. The van der Waals surface area contributed by atoms with E-state index in [0.29, 0.717) is 0 Å². The van der Waals surface area contributed by atoms with E-state index < -0.39 is 0 Å². The molecule has 0 fully saturated rings. The van der Waals surface area contributed by atoms with E-state index in [2.05, 4.69) is 31.2 Å². The third kappa shape index (κ3) is 3.39. The van der Waals surface area contributed by atoms with Gasteiger partial charge in [-0.2, -0.15) is 0 Å². The summed E-state index contributed by atoms with van der Waals surface area (Å²) in [6, 6.07) is 7.86. The number of anilines is 1. The van der Waals surface area contributed by atoms with Crippen molar-refractivity contribution in [2.24, 2.45) is 0 Å². The molecule has 4 nitrogen and oxygen atoms in total. The Morgan fingerprint density at radius 3 is 2.84 bits per heavy atom. The molecule has 1 aromatic carbocycles. The highest BCUT2D eigenvalue weighted by Crippen LogP contribution is 2.38. The van der Waals surface area contributed by atoms with Crippen LogP contribution in [0.4, 0.5) is 5.82 Å². The van der Waals surface area contributed by atoms with Crippen molar-refractivity contribution >= 4 is 33.5 Å². The second kappa shape index (κ2) is 6.77. The Morgan fingerprint density at radius 1 is 1.32 bits per heavy atom. The average Bonchev–Trinajstić information content (AvgIpc) is 2.44. The average molecular weight is 340 g/mol. The third-order valence-electron chi connectivity index (χ3n) is 2.38. The van der Waals surface area contributed by atoms with E-state index in [0.717, 1.165) is 32.5 Å². The minimum atomic E-state index is 0.801. The predicted octanol–water partition coefficient (Wildman–Crippen LogP) is 3.83. The first-order chi connectivity index (χ1) is 9.26.